The quantitative estimate of drug-likeness (QED) is 0.0262. The summed E-state index contributed by atoms with van der Waals surface area (Å²) >= 11 is 0. The van der Waals surface area contributed by atoms with Gasteiger partial charge in [-0.1, -0.05) is 228 Å². The van der Waals surface area contributed by atoms with E-state index in [-0.39, 0.29) is 37.5 Å². The van der Waals surface area contributed by atoms with Crippen LogP contribution in [0.3, 0.4) is 0 Å². The van der Waals surface area contributed by atoms with Crippen molar-refractivity contribution in [2.75, 3.05) is 13.2 Å². The van der Waals surface area contributed by atoms with Crippen molar-refractivity contribution < 1.29 is 28.6 Å². The zero-order valence-electron chi connectivity index (χ0n) is 43.2. The second-order valence-electron chi connectivity index (χ2n) is 18.1. The Morgan fingerprint density at radius 1 is 0.303 bits per heavy atom. The summed E-state index contributed by atoms with van der Waals surface area (Å²) < 4.78 is 16.8. The fourth-order valence-corrected chi connectivity index (χ4v) is 7.44. The van der Waals surface area contributed by atoms with Crippen LogP contribution in [0.1, 0.15) is 258 Å². The number of unbranched alkanes of at least 4 members (excludes halogenated alkanes) is 24. The number of allylic oxidation sites excluding steroid dienone is 14. The predicted molar refractivity (Wildman–Crippen MR) is 284 cm³/mol. The Morgan fingerprint density at radius 2 is 0.561 bits per heavy atom. The monoisotopic (exact) mass is 919 g/mol. The summed E-state index contributed by atoms with van der Waals surface area (Å²) in [5, 5.41) is 0. The molecule has 0 amide bonds. The summed E-state index contributed by atoms with van der Waals surface area (Å²) in [5.74, 6) is -0.978. The molecule has 0 aliphatic rings. The lowest BCUT2D eigenvalue weighted by Gasteiger charge is -2.18. The molecule has 0 spiro atoms. The topological polar surface area (TPSA) is 78.9 Å². The van der Waals surface area contributed by atoms with Gasteiger partial charge in [-0.15, -0.1) is 0 Å². The third-order valence-corrected chi connectivity index (χ3v) is 11.6. The van der Waals surface area contributed by atoms with E-state index in [1.807, 2.05) is 0 Å². The molecule has 0 saturated carbocycles. The van der Waals surface area contributed by atoms with Crippen LogP contribution >= 0.6 is 0 Å². The minimum absolute atomic E-state index is 0.101. The van der Waals surface area contributed by atoms with Crippen LogP contribution in [0.25, 0.3) is 0 Å². The number of carbonyl (C=O) groups is 3. The third-order valence-electron chi connectivity index (χ3n) is 11.6. The van der Waals surface area contributed by atoms with Crippen LogP contribution in [0, 0.1) is 0 Å². The Balaban J connectivity index is 4.51. The van der Waals surface area contributed by atoms with E-state index in [0.717, 1.165) is 89.9 Å². The number of hydrogen-bond acceptors (Lipinski definition) is 6. The second kappa shape index (κ2) is 54.2. The summed E-state index contributed by atoms with van der Waals surface area (Å²) in [4.78, 5) is 38.1. The van der Waals surface area contributed by atoms with E-state index >= 15 is 0 Å². The Labute approximate surface area is 407 Å². The first-order chi connectivity index (χ1) is 32.5. The van der Waals surface area contributed by atoms with Gasteiger partial charge in [-0.2, -0.15) is 0 Å². The van der Waals surface area contributed by atoms with Gasteiger partial charge in [-0.25, -0.2) is 0 Å². The van der Waals surface area contributed by atoms with Gasteiger partial charge in [-0.05, 0) is 96.3 Å². The highest BCUT2D eigenvalue weighted by Crippen LogP contribution is 2.15. The molecule has 6 nitrogen and oxygen atoms in total. The van der Waals surface area contributed by atoms with E-state index in [0.29, 0.717) is 19.3 Å². The van der Waals surface area contributed by atoms with E-state index < -0.39 is 6.10 Å². The van der Waals surface area contributed by atoms with Crippen LogP contribution in [0.15, 0.2) is 85.1 Å². The van der Waals surface area contributed by atoms with Crippen molar-refractivity contribution in [1.29, 1.82) is 0 Å². The minimum Gasteiger partial charge on any atom is -0.462 e. The maximum Gasteiger partial charge on any atom is 0.306 e. The van der Waals surface area contributed by atoms with E-state index in [1.165, 1.54) is 122 Å². The molecule has 0 aromatic heterocycles. The Hall–Kier alpha value is -3.41. The second-order valence-corrected chi connectivity index (χ2v) is 18.1. The highest BCUT2D eigenvalue weighted by atomic mass is 16.6. The minimum atomic E-state index is -0.809. The molecule has 0 saturated heterocycles. The molecule has 0 radical (unpaired) electrons. The van der Waals surface area contributed by atoms with E-state index in [2.05, 4.69) is 106 Å². The first-order valence-corrected chi connectivity index (χ1v) is 27.6. The number of hydrogen-bond donors (Lipinski definition) is 0. The van der Waals surface area contributed by atoms with Crippen molar-refractivity contribution in [3.05, 3.63) is 85.1 Å². The lowest BCUT2D eigenvalue weighted by Crippen LogP contribution is -2.30. The van der Waals surface area contributed by atoms with Gasteiger partial charge in [0.1, 0.15) is 13.2 Å². The molecule has 0 aromatic rings. The fourth-order valence-electron chi connectivity index (χ4n) is 7.44. The molecule has 66 heavy (non-hydrogen) atoms. The van der Waals surface area contributed by atoms with Gasteiger partial charge in [0.05, 0.1) is 0 Å². The summed E-state index contributed by atoms with van der Waals surface area (Å²) in [7, 11) is 0. The number of ether oxygens (including phenoxy) is 3. The van der Waals surface area contributed by atoms with Crippen LogP contribution in [-0.2, 0) is 28.6 Å². The molecular formula is C60H102O6. The van der Waals surface area contributed by atoms with Crippen molar-refractivity contribution in [2.24, 2.45) is 0 Å². The number of rotatable bonds is 49. The van der Waals surface area contributed by atoms with Crippen molar-refractivity contribution in [3.63, 3.8) is 0 Å². The molecule has 0 bridgehead atoms. The third kappa shape index (κ3) is 51.6. The van der Waals surface area contributed by atoms with Crippen LogP contribution in [-0.4, -0.2) is 37.2 Å². The SMILES string of the molecule is CCCCC/C=C/C/C=C/C/C=C/C/C=C/CCCC(=O)OC[C@@H](COC(=O)CCCCCCCCCCCCCCCC)OC(=O)CCCCCC/C=C/C/C=C/C/C=C/CCCCC. The molecule has 0 unspecified atom stereocenters. The predicted octanol–water partition coefficient (Wildman–Crippen LogP) is 18.4. The van der Waals surface area contributed by atoms with E-state index in [9.17, 15) is 14.4 Å². The van der Waals surface area contributed by atoms with Crippen LogP contribution in [0.2, 0.25) is 0 Å². The summed E-state index contributed by atoms with van der Waals surface area (Å²) in [5.41, 5.74) is 0. The molecule has 0 fully saturated rings. The van der Waals surface area contributed by atoms with E-state index in [4.69, 9.17) is 14.2 Å². The first kappa shape index (κ1) is 62.6. The molecule has 1 atom stereocenters. The lowest BCUT2D eigenvalue weighted by atomic mass is 10.0. The van der Waals surface area contributed by atoms with Gasteiger partial charge in [0.2, 0.25) is 0 Å². The first-order valence-electron chi connectivity index (χ1n) is 27.6. The highest BCUT2D eigenvalue weighted by Gasteiger charge is 2.19. The van der Waals surface area contributed by atoms with Crippen molar-refractivity contribution >= 4 is 17.9 Å². The summed E-state index contributed by atoms with van der Waals surface area (Å²) in [6.45, 7) is 6.52. The standard InChI is InChI=1S/C60H102O6/c1-4-7-10-13-16-19-22-25-28-30-32-35-38-41-44-47-50-53-59(62)65-56-57(55-64-58(61)52-49-46-43-40-37-34-27-24-21-18-15-12-9-6-3)66-60(63)54-51-48-45-42-39-36-33-31-29-26-23-20-17-14-11-8-5-2/h16-17,19-20,25-26,28-29,32-33,35-36,41,44,57H,4-15,18,21-24,27,30-31,34,37-40,42-43,45-56H2,1-3H3/b19-16+,20-17+,28-25+,29-26+,35-32+,36-33+,44-41+/t57-/m1/s1. The largest absolute Gasteiger partial charge is 0.462 e. The molecule has 0 N–H and O–H groups in total. The molecule has 378 valence electrons. The Kier molecular flexibility index (Phi) is 51.4. The Bertz CT molecular complexity index is 1290. The molecule has 0 rings (SSSR count). The van der Waals surface area contributed by atoms with Gasteiger partial charge in [-0.3, -0.25) is 14.4 Å². The van der Waals surface area contributed by atoms with Crippen LogP contribution in [0.4, 0.5) is 0 Å². The summed E-state index contributed by atoms with van der Waals surface area (Å²) in [6, 6.07) is 0. The van der Waals surface area contributed by atoms with Crippen LogP contribution in [0.5, 0.6) is 0 Å². The number of esters is 3. The van der Waals surface area contributed by atoms with Gasteiger partial charge in [0.25, 0.3) is 0 Å². The van der Waals surface area contributed by atoms with Gasteiger partial charge < -0.3 is 14.2 Å². The molecule has 6 heteroatoms. The zero-order valence-corrected chi connectivity index (χ0v) is 43.2. The lowest BCUT2D eigenvalue weighted by molar-refractivity contribution is -0.167. The van der Waals surface area contributed by atoms with Crippen molar-refractivity contribution in [3.8, 4) is 0 Å². The zero-order chi connectivity index (χ0) is 47.9. The normalized spacial score (nSPS) is 12.7. The molecule has 0 heterocycles. The van der Waals surface area contributed by atoms with Gasteiger partial charge in [0, 0.05) is 19.3 Å². The maximum absolute atomic E-state index is 12.8. The average molecular weight is 919 g/mol. The molecule has 0 aromatic carbocycles. The smallest absolute Gasteiger partial charge is 0.306 e. The molecule has 0 aliphatic heterocycles. The Morgan fingerprint density at radius 3 is 0.939 bits per heavy atom. The van der Waals surface area contributed by atoms with E-state index in [1.54, 1.807) is 0 Å². The van der Waals surface area contributed by atoms with Crippen LogP contribution < -0.4 is 0 Å². The summed E-state index contributed by atoms with van der Waals surface area (Å²) in [6.07, 6.45) is 70.0. The molecular weight excluding hydrogens is 817 g/mol. The average Bonchev–Trinajstić information content (AvgIpc) is 3.31. The highest BCUT2D eigenvalue weighted by molar-refractivity contribution is 5.71. The van der Waals surface area contributed by atoms with Crippen molar-refractivity contribution in [2.45, 2.75) is 264 Å². The van der Waals surface area contributed by atoms with Gasteiger partial charge >= 0.3 is 17.9 Å². The van der Waals surface area contributed by atoms with Crippen molar-refractivity contribution in [1.82, 2.24) is 0 Å². The molecule has 0 aliphatic carbocycles. The fraction of sp³-hybridized carbons (Fsp3) is 0.717. The maximum atomic E-state index is 12.8. The van der Waals surface area contributed by atoms with Gasteiger partial charge in [0.15, 0.2) is 6.10 Å². The number of carbonyl (C=O) groups excluding carboxylic acids is 3.